The highest BCUT2D eigenvalue weighted by molar-refractivity contribution is 8.93. The van der Waals surface area contributed by atoms with E-state index < -0.39 is 0 Å². The van der Waals surface area contributed by atoms with Crippen LogP contribution in [-0.4, -0.2) is 24.0 Å². The zero-order chi connectivity index (χ0) is 14.2. The molecule has 0 aromatic carbocycles. The van der Waals surface area contributed by atoms with Gasteiger partial charge in [0.25, 0.3) is 0 Å². The molecule has 0 amide bonds. The van der Waals surface area contributed by atoms with Gasteiger partial charge in [-0.15, -0.1) is 17.0 Å². The van der Waals surface area contributed by atoms with Gasteiger partial charge in [0.15, 0.2) is 5.96 Å². The molecule has 0 aromatic rings. The molecule has 0 bridgehead atoms. The molecule has 0 spiro atoms. The zero-order valence-electron chi connectivity index (χ0n) is 13.1. The van der Waals surface area contributed by atoms with Crippen molar-refractivity contribution in [1.82, 2.24) is 0 Å². The second kappa shape index (κ2) is 19.1. The van der Waals surface area contributed by atoms with Crippen LogP contribution in [-0.2, 0) is 0 Å². The lowest BCUT2D eigenvalue weighted by Crippen LogP contribution is -2.23. The number of hydrogen-bond donors (Lipinski definition) is 2. The molecule has 3 nitrogen and oxygen atoms in total. The number of guanidine groups is 1. The molecule has 0 aliphatic heterocycles. The van der Waals surface area contributed by atoms with Gasteiger partial charge >= 0.3 is 0 Å². The summed E-state index contributed by atoms with van der Waals surface area (Å²) in [7, 11) is 0. The highest BCUT2D eigenvalue weighted by atomic mass is 79.9. The molecule has 0 aromatic heterocycles. The summed E-state index contributed by atoms with van der Waals surface area (Å²) < 4.78 is 0. The molecule has 5 heteroatoms. The average molecular weight is 368 g/mol. The predicted octanol–water partition coefficient (Wildman–Crippen LogP) is 4.49. The van der Waals surface area contributed by atoms with E-state index in [1.54, 1.807) is 0 Å². The number of nitrogens with zero attached hydrogens (tertiary/aromatic N) is 1. The van der Waals surface area contributed by atoms with Crippen molar-refractivity contribution in [3.8, 4) is 0 Å². The van der Waals surface area contributed by atoms with Crippen molar-refractivity contribution in [3.05, 3.63) is 0 Å². The molecule has 0 aliphatic carbocycles. The summed E-state index contributed by atoms with van der Waals surface area (Å²) in [4.78, 5) is 3.96. The molecule has 0 saturated heterocycles. The summed E-state index contributed by atoms with van der Waals surface area (Å²) in [5.74, 6) is 2.49. The Bertz CT molecular complexity index is 209. The fourth-order valence-corrected chi connectivity index (χ4v) is 2.87. The molecule has 4 N–H and O–H groups in total. The third kappa shape index (κ3) is 20.4. The summed E-state index contributed by atoms with van der Waals surface area (Å²) in [6.07, 6.45) is 14.0. The first kappa shape index (κ1) is 22.4. The van der Waals surface area contributed by atoms with E-state index in [1.165, 1.54) is 70.0 Å². The minimum Gasteiger partial charge on any atom is -0.370 e. The van der Waals surface area contributed by atoms with Crippen LogP contribution in [0.15, 0.2) is 4.99 Å². The van der Waals surface area contributed by atoms with Gasteiger partial charge in [0, 0.05) is 5.75 Å². The molecule has 0 unspecified atom stereocenters. The summed E-state index contributed by atoms with van der Waals surface area (Å²) >= 11 is 1.95. The Morgan fingerprint density at radius 2 is 1.30 bits per heavy atom. The quantitative estimate of drug-likeness (QED) is 0.270. The van der Waals surface area contributed by atoms with Crippen LogP contribution in [0.25, 0.3) is 0 Å². The molecule has 0 heterocycles. The van der Waals surface area contributed by atoms with Crippen molar-refractivity contribution in [2.24, 2.45) is 16.5 Å². The van der Waals surface area contributed by atoms with Crippen LogP contribution in [0.3, 0.4) is 0 Å². The number of thioether (sulfide) groups is 1. The van der Waals surface area contributed by atoms with Crippen LogP contribution in [0, 0.1) is 0 Å². The molecule has 0 rings (SSSR count). The number of halogens is 1. The fraction of sp³-hybridized carbons (Fsp3) is 0.933. The number of aliphatic imine (C=N–C) groups is 1. The lowest BCUT2D eigenvalue weighted by molar-refractivity contribution is 0.563. The number of rotatable bonds is 14. The lowest BCUT2D eigenvalue weighted by atomic mass is 10.1. The predicted molar refractivity (Wildman–Crippen MR) is 100 cm³/mol. The third-order valence-corrected chi connectivity index (χ3v) is 4.22. The van der Waals surface area contributed by atoms with Gasteiger partial charge in [0.05, 0.1) is 6.54 Å². The summed E-state index contributed by atoms with van der Waals surface area (Å²) in [5.41, 5.74) is 10.5. The Hall–Kier alpha value is 0.1000. The van der Waals surface area contributed by atoms with E-state index >= 15 is 0 Å². The Balaban J connectivity index is 0. The molecule has 0 atom stereocenters. The van der Waals surface area contributed by atoms with Crippen molar-refractivity contribution in [2.75, 3.05) is 18.1 Å². The number of unbranched alkanes of at least 4 members (excludes halogenated alkanes) is 9. The molecule has 20 heavy (non-hydrogen) atoms. The van der Waals surface area contributed by atoms with Gasteiger partial charge in [-0.25, -0.2) is 0 Å². The SMILES string of the molecule is Br.CCCCCCCCCCCCSCCN=C(N)N. The highest BCUT2D eigenvalue weighted by Gasteiger charge is 1.93. The Labute approximate surface area is 140 Å². The summed E-state index contributed by atoms with van der Waals surface area (Å²) in [6.45, 7) is 3.03. The Morgan fingerprint density at radius 3 is 1.80 bits per heavy atom. The standard InChI is InChI=1S/C15H33N3S.BrH/c1-2-3-4-5-6-7-8-9-10-11-13-19-14-12-18-15(16)17;/h2-14H2,1H3,(H4,16,17,18);1H. The summed E-state index contributed by atoms with van der Waals surface area (Å²) in [6, 6.07) is 0. The van der Waals surface area contributed by atoms with E-state index in [2.05, 4.69) is 11.9 Å². The van der Waals surface area contributed by atoms with Gasteiger partial charge in [-0.05, 0) is 12.2 Å². The van der Waals surface area contributed by atoms with Crippen LogP contribution in [0.1, 0.15) is 71.1 Å². The smallest absolute Gasteiger partial charge is 0.185 e. The van der Waals surface area contributed by atoms with Crippen molar-refractivity contribution < 1.29 is 0 Å². The molecular weight excluding hydrogens is 334 g/mol. The van der Waals surface area contributed by atoms with Gasteiger partial charge in [-0.1, -0.05) is 64.7 Å². The number of hydrogen-bond acceptors (Lipinski definition) is 2. The Morgan fingerprint density at radius 1 is 0.800 bits per heavy atom. The van der Waals surface area contributed by atoms with Crippen molar-refractivity contribution in [2.45, 2.75) is 71.1 Å². The van der Waals surface area contributed by atoms with E-state index in [9.17, 15) is 0 Å². The van der Waals surface area contributed by atoms with Crippen LogP contribution in [0.2, 0.25) is 0 Å². The van der Waals surface area contributed by atoms with Gasteiger partial charge < -0.3 is 11.5 Å². The lowest BCUT2D eigenvalue weighted by Gasteiger charge is -2.02. The largest absolute Gasteiger partial charge is 0.370 e. The number of nitrogens with two attached hydrogens (primary N) is 2. The van der Waals surface area contributed by atoms with E-state index in [1.807, 2.05) is 11.8 Å². The van der Waals surface area contributed by atoms with Crippen molar-refractivity contribution >= 4 is 34.7 Å². The zero-order valence-corrected chi connectivity index (χ0v) is 15.6. The maximum atomic E-state index is 5.26. The minimum absolute atomic E-state index is 0. The molecule has 122 valence electrons. The van der Waals surface area contributed by atoms with Gasteiger partial charge in [-0.3, -0.25) is 4.99 Å². The van der Waals surface area contributed by atoms with Gasteiger partial charge in [0.1, 0.15) is 0 Å². The molecule has 0 saturated carbocycles. The third-order valence-electron chi connectivity index (χ3n) is 3.17. The first-order valence-corrected chi connectivity index (χ1v) is 9.06. The topological polar surface area (TPSA) is 64.4 Å². The maximum Gasteiger partial charge on any atom is 0.185 e. The van der Waals surface area contributed by atoms with Gasteiger partial charge in [-0.2, -0.15) is 11.8 Å². The van der Waals surface area contributed by atoms with Crippen LogP contribution < -0.4 is 11.5 Å². The molecule has 0 radical (unpaired) electrons. The van der Waals surface area contributed by atoms with Crippen LogP contribution >= 0.6 is 28.7 Å². The second-order valence-corrected chi connectivity index (χ2v) is 6.33. The summed E-state index contributed by atoms with van der Waals surface area (Å²) in [5, 5.41) is 0. The van der Waals surface area contributed by atoms with E-state index in [0.717, 1.165) is 12.3 Å². The van der Waals surface area contributed by atoms with Crippen LogP contribution in [0.5, 0.6) is 0 Å². The minimum atomic E-state index is 0. The van der Waals surface area contributed by atoms with E-state index in [4.69, 9.17) is 11.5 Å². The first-order valence-electron chi connectivity index (χ1n) is 7.90. The molecular formula is C15H34BrN3S. The van der Waals surface area contributed by atoms with Crippen molar-refractivity contribution in [3.63, 3.8) is 0 Å². The second-order valence-electron chi connectivity index (χ2n) is 5.10. The fourth-order valence-electron chi connectivity index (χ4n) is 2.03. The molecule has 0 aliphatic rings. The Kier molecular flexibility index (Phi) is 21.4. The van der Waals surface area contributed by atoms with Gasteiger partial charge in [0.2, 0.25) is 0 Å². The molecule has 0 fully saturated rings. The van der Waals surface area contributed by atoms with Crippen molar-refractivity contribution in [1.29, 1.82) is 0 Å². The highest BCUT2D eigenvalue weighted by Crippen LogP contribution is 2.12. The first-order chi connectivity index (χ1) is 9.27. The normalized spacial score (nSPS) is 10.1. The van der Waals surface area contributed by atoms with E-state index in [0.29, 0.717) is 0 Å². The van der Waals surface area contributed by atoms with Crippen LogP contribution in [0.4, 0.5) is 0 Å². The van der Waals surface area contributed by atoms with E-state index in [-0.39, 0.29) is 22.9 Å². The maximum absolute atomic E-state index is 5.26. The monoisotopic (exact) mass is 367 g/mol. The average Bonchev–Trinajstić information content (AvgIpc) is 2.39.